The van der Waals surface area contributed by atoms with Crippen molar-refractivity contribution in [3.05, 3.63) is 94.1 Å². The quantitative estimate of drug-likeness (QED) is 0.406. The first-order valence-corrected chi connectivity index (χ1v) is 11.0. The van der Waals surface area contributed by atoms with Gasteiger partial charge in [0.25, 0.3) is 0 Å². The number of phenolic OH excluding ortho intramolecular Hbond substituents is 2. The van der Waals surface area contributed by atoms with Gasteiger partial charge in [-0.25, -0.2) is 4.68 Å². The van der Waals surface area contributed by atoms with E-state index in [0.717, 1.165) is 28.2 Å². The summed E-state index contributed by atoms with van der Waals surface area (Å²) in [5.74, 6) is 0.678. The number of aromatic nitrogens is 1. The van der Waals surface area contributed by atoms with Gasteiger partial charge >= 0.3 is 0 Å². The number of nitrogens with zero attached hydrogens (tertiary/aromatic N) is 3. The molecule has 0 saturated heterocycles. The summed E-state index contributed by atoms with van der Waals surface area (Å²) in [5, 5.41) is 26.3. The molecule has 162 valence electrons. The lowest BCUT2D eigenvalue weighted by molar-refractivity contribution is 0.416. The standard InChI is InChI=1S/C25H23N3O3S/c1-31-24-10-6-5-9-21(24)22-17-32-25(26-14-13-18-7-3-2-4-8-18)28(22)27-16-19-11-12-20(29)15-23(19)30/h2-12,15-17,29-30H,13-14H2,1H3. The number of benzene rings is 3. The summed E-state index contributed by atoms with van der Waals surface area (Å²) in [5.41, 5.74) is 3.44. The maximum absolute atomic E-state index is 10.1. The monoisotopic (exact) mass is 445 g/mol. The molecule has 4 aromatic rings. The summed E-state index contributed by atoms with van der Waals surface area (Å²) in [4.78, 5) is 5.51. The molecule has 0 atom stereocenters. The molecule has 1 aromatic heterocycles. The van der Waals surface area contributed by atoms with Crippen LogP contribution < -0.4 is 9.54 Å². The van der Waals surface area contributed by atoms with Crippen molar-refractivity contribution in [1.29, 1.82) is 0 Å². The lowest BCUT2D eigenvalue weighted by Gasteiger charge is -2.09. The van der Waals surface area contributed by atoms with E-state index in [1.165, 1.54) is 29.0 Å². The van der Waals surface area contributed by atoms with Gasteiger partial charge in [-0.3, -0.25) is 4.99 Å². The maximum atomic E-state index is 10.1. The van der Waals surface area contributed by atoms with Crippen molar-refractivity contribution >= 4 is 17.6 Å². The highest BCUT2D eigenvalue weighted by Crippen LogP contribution is 2.30. The Balaban J connectivity index is 1.74. The van der Waals surface area contributed by atoms with Crippen molar-refractivity contribution in [2.45, 2.75) is 6.42 Å². The second-order valence-corrected chi connectivity index (χ2v) is 7.86. The van der Waals surface area contributed by atoms with Crippen LogP contribution in [0.5, 0.6) is 17.2 Å². The number of phenols is 2. The molecule has 3 aromatic carbocycles. The first-order valence-electron chi connectivity index (χ1n) is 10.1. The lowest BCUT2D eigenvalue weighted by Crippen LogP contribution is -2.13. The molecule has 1 heterocycles. The van der Waals surface area contributed by atoms with Crippen molar-refractivity contribution < 1.29 is 14.9 Å². The molecule has 32 heavy (non-hydrogen) atoms. The number of para-hydroxylation sites is 1. The summed E-state index contributed by atoms with van der Waals surface area (Å²) < 4.78 is 7.29. The summed E-state index contributed by atoms with van der Waals surface area (Å²) in [6.45, 7) is 0.621. The largest absolute Gasteiger partial charge is 0.508 e. The predicted molar refractivity (Wildman–Crippen MR) is 128 cm³/mol. The van der Waals surface area contributed by atoms with Crippen LogP contribution in [-0.4, -0.2) is 34.8 Å². The van der Waals surface area contributed by atoms with Gasteiger partial charge in [0.05, 0.1) is 19.0 Å². The minimum atomic E-state index is -0.0500. The van der Waals surface area contributed by atoms with Gasteiger partial charge in [0.1, 0.15) is 17.2 Å². The van der Waals surface area contributed by atoms with E-state index in [9.17, 15) is 10.2 Å². The van der Waals surface area contributed by atoms with Crippen molar-refractivity contribution in [1.82, 2.24) is 4.68 Å². The average molecular weight is 446 g/mol. The van der Waals surface area contributed by atoms with Crippen molar-refractivity contribution in [3.63, 3.8) is 0 Å². The van der Waals surface area contributed by atoms with Gasteiger partial charge in [0.2, 0.25) is 4.80 Å². The zero-order valence-corrected chi connectivity index (χ0v) is 18.4. The molecule has 0 amide bonds. The van der Waals surface area contributed by atoms with Crippen LogP contribution in [0.1, 0.15) is 11.1 Å². The molecular weight excluding hydrogens is 422 g/mol. The highest BCUT2D eigenvalue weighted by Gasteiger charge is 2.12. The highest BCUT2D eigenvalue weighted by atomic mass is 32.1. The van der Waals surface area contributed by atoms with E-state index in [0.29, 0.717) is 12.1 Å². The molecule has 0 aliphatic heterocycles. The van der Waals surface area contributed by atoms with Crippen LogP contribution in [0.2, 0.25) is 0 Å². The van der Waals surface area contributed by atoms with Gasteiger partial charge in [0.15, 0.2) is 0 Å². The van der Waals surface area contributed by atoms with Gasteiger partial charge in [-0.05, 0) is 36.2 Å². The van der Waals surface area contributed by atoms with Gasteiger partial charge in [-0.2, -0.15) is 5.10 Å². The second kappa shape index (κ2) is 9.98. The van der Waals surface area contributed by atoms with Crippen LogP contribution in [0.15, 0.2) is 88.3 Å². The summed E-state index contributed by atoms with van der Waals surface area (Å²) in [7, 11) is 1.64. The average Bonchev–Trinajstić information content (AvgIpc) is 3.21. The van der Waals surface area contributed by atoms with Crippen LogP contribution in [0.25, 0.3) is 11.3 Å². The molecule has 7 heteroatoms. The van der Waals surface area contributed by atoms with Gasteiger partial charge < -0.3 is 14.9 Å². The second-order valence-electron chi connectivity index (χ2n) is 7.02. The zero-order valence-electron chi connectivity index (χ0n) is 17.5. The maximum Gasteiger partial charge on any atom is 0.206 e. The molecule has 0 saturated carbocycles. The van der Waals surface area contributed by atoms with Crippen LogP contribution in [-0.2, 0) is 6.42 Å². The van der Waals surface area contributed by atoms with E-state index in [4.69, 9.17) is 9.73 Å². The fraction of sp³-hybridized carbons (Fsp3) is 0.120. The molecule has 0 spiro atoms. The SMILES string of the molecule is COc1ccccc1-c1csc(=NCCc2ccccc2)n1N=Cc1ccc(O)cc1O. The highest BCUT2D eigenvalue weighted by molar-refractivity contribution is 7.07. The Labute approximate surface area is 190 Å². The van der Waals surface area contributed by atoms with Crippen molar-refractivity contribution in [2.24, 2.45) is 10.1 Å². The minimum Gasteiger partial charge on any atom is -0.508 e. The Bertz CT molecular complexity index is 1290. The van der Waals surface area contributed by atoms with E-state index in [1.54, 1.807) is 24.1 Å². The van der Waals surface area contributed by atoms with E-state index < -0.39 is 0 Å². The molecule has 4 rings (SSSR count). The molecule has 0 unspecified atom stereocenters. The van der Waals surface area contributed by atoms with Crippen LogP contribution in [0.3, 0.4) is 0 Å². The van der Waals surface area contributed by atoms with Crippen molar-refractivity contribution in [3.8, 4) is 28.5 Å². The zero-order chi connectivity index (χ0) is 22.3. The van der Waals surface area contributed by atoms with E-state index >= 15 is 0 Å². The third-order valence-electron chi connectivity index (χ3n) is 4.88. The van der Waals surface area contributed by atoms with E-state index in [1.807, 2.05) is 47.8 Å². The topological polar surface area (TPSA) is 79.3 Å². The fourth-order valence-electron chi connectivity index (χ4n) is 3.25. The number of thiazole rings is 1. The summed E-state index contributed by atoms with van der Waals surface area (Å²) in [6.07, 6.45) is 2.38. The molecule has 6 nitrogen and oxygen atoms in total. The summed E-state index contributed by atoms with van der Waals surface area (Å²) >= 11 is 1.49. The summed E-state index contributed by atoms with van der Waals surface area (Å²) in [6, 6.07) is 22.4. The number of hydrogen-bond donors (Lipinski definition) is 2. The molecule has 0 aliphatic rings. The lowest BCUT2D eigenvalue weighted by atomic mass is 10.1. The number of hydrogen-bond acceptors (Lipinski definition) is 6. The smallest absolute Gasteiger partial charge is 0.206 e. The fourth-order valence-corrected chi connectivity index (χ4v) is 4.10. The molecule has 2 N–H and O–H groups in total. The normalized spacial score (nSPS) is 11.8. The molecule has 0 fully saturated rings. The predicted octanol–water partition coefficient (Wildman–Crippen LogP) is 4.66. The number of rotatable bonds is 7. The minimum absolute atomic E-state index is 0.00542. The number of methoxy groups -OCH3 is 1. The van der Waals surface area contributed by atoms with Crippen LogP contribution in [0.4, 0.5) is 0 Å². The molecule has 0 radical (unpaired) electrons. The Morgan fingerprint density at radius 1 is 1.00 bits per heavy atom. The Hall–Kier alpha value is -3.84. The number of ether oxygens (including phenoxy) is 1. The third kappa shape index (κ3) is 4.90. The third-order valence-corrected chi connectivity index (χ3v) is 5.74. The van der Waals surface area contributed by atoms with Crippen LogP contribution >= 0.6 is 11.3 Å². The first-order chi connectivity index (χ1) is 15.7. The van der Waals surface area contributed by atoms with E-state index in [2.05, 4.69) is 17.2 Å². The molecular formula is C25H23N3O3S. The Kier molecular flexibility index (Phi) is 6.67. The molecule has 0 bridgehead atoms. The van der Waals surface area contributed by atoms with Gasteiger partial charge in [0, 0.05) is 29.1 Å². The van der Waals surface area contributed by atoms with Crippen molar-refractivity contribution in [2.75, 3.05) is 13.7 Å². The Morgan fingerprint density at radius 3 is 2.56 bits per heavy atom. The first kappa shape index (κ1) is 21.4. The number of aromatic hydroxyl groups is 2. The molecule has 0 aliphatic carbocycles. The van der Waals surface area contributed by atoms with Gasteiger partial charge in [-0.15, -0.1) is 11.3 Å². The van der Waals surface area contributed by atoms with E-state index in [-0.39, 0.29) is 11.5 Å². The van der Waals surface area contributed by atoms with Crippen LogP contribution in [0, 0.1) is 0 Å². The van der Waals surface area contributed by atoms with Gasteiger partial charge in [-0.1, -0.05) is 42.5 Å². The Morgan fingerprint density at radius 2 is 1.78 bits per heavy atom.